The third kappa shape index (κ3) is 1.49. The molecule has 2 rings (SSSR count). The van der Waals surface area contributed by atoms with Crippen LogP contribution in [0.3, 0.4) is 0 Å². The van der Waals surface area contributed by atoms with E-state index in [4.69, 9.17) is 23.2 Å². The number of benzene rings is 1. The molecule has 1 aromatic heterocycles. The minimum atomic E-state index is 0.505. The first-order valence-corrected chi connectivity index (χ1v) is 4.74. The third-order valence-electron chi connectivity index (χ3n) is 1.90. The minimum Gasteiger partial charge on any atom is -0.317 e. The Bertz CT molecular complexity index is 465. The lowest BCUT2D eigenvalue weighted by Gasteiger charge is -2.03. The highest BCUT2D eigenvalue weighted by Crippen LogP contribution is 2.31. The number of halogens is 2. The van der Waals surface area contributed by atoms with Crippen molar-refractivity contribution in [3.63, 3.8) is 0 Å². The van der Waals surface area contributed by atoms with E-state index in [1.807, 2.05) is 19.2 Å². The molecule has 0 bridgehead atoms. The zero-order valence-electron chi connectivity index (χ0n) is 7.41. The molecule has 72 valence electrons. The van der Waals surface area contributed by atoms with Crippen molar-refractivity contribution in [1.29, 1.82) is 0 Å². The van der Waals surface area contributed by atoms with E-state index < -0.39 is 0 Å². The van der Waals surface area contributed by atoms with Gasteiger partial charge in [0.2, 0.25) is 0 Å². The third-order valence-corrected chi connectivity index (χ3v) is 2.72. The van der Waals surface area contributed by atoms with Crippen LogP contribution in [0.1, 0.15) is 0 Å². The molecule has 0 spiro atoms. The molecular weight excluding hydrogens is 221 g/mol. The Kier molecular flexibility index (Phi) is 2.44. The molecule has 0 amide bonds. The highest BCUT2D eigenvalue weighted by molar-refractivity contribution is 6.43. The number of rotatable bonds is 1. The van der Waals surface area contributed by atoms with Gasteiger partial charge in [0, 0.05) is 12.6 Å². The largest absolute Gasteiger partial charge is 0.317 e. The van der Waals surface area contributed by atoms with E-state index in [0.29, 0.717) is 15.9 Å². The van der Waals surface area contributed by atoms with Crippen molar-refractivity contribution < 1.29 is 0 Å². The second-order valence-corrected chi connectivity index (χ2v) is 3.65. The van der Waals surface area contributed by atoms with Crippen molar-refractivity contribution in [3.05, 3.63) is 34.6 Å². The van der Waals surface area contributed by atoms with Crippen LogP contribution >= 0.6 is 23.2 Å². The second kappa shape index (κ2) is 3.59. The number of hydrogen-bond acceptors (Lipinski definition) is 2. The quantitative estimate of drug-likeness (QED) is 0.751. The number of aromatic nitrogens is 3. The Balaban J connectivity index is 2.63. The number of hydrogen-bond donors (Lipinski definition) is 0. The maximum atomic E-state index is 6.04. The topological polar surface area (TPSA) is 30.7 Å². The van der Waals surface area contributed by atoms with E-state index >= 15 is 0 Å². The van der Waals surface area contributed by atoms with Crippen LogP contribution in [0.25, 0.3) is 11.4 Å². The predicted molar refractivity (Wildman–Crippen MR) is 56.5 cm³/mol. The molecule has 0 aliphatic carbocycles. The molecule has 0 atom stereocenters. The highest BCUT2D eigenvalue weighted by atomic mass is 35.5. The Morgan fingerprint density at radius 3 is 2.71 bits per heavy atom. The van der Waals surface area contributed by atoms with Gasteiger partial charge in [-0.05, 0) is 12.1 Å². The lowest BCUT2D eigenvalue weighted by Crippen LogP contribution is -1.91. The molecule has 0 N–H and O–H groups in total. The summed E-state index contributed by atoms with van der Waals surface area (Å²) in [6.07, 6.45) is 1.62. The smallest absolute Gasteiger partial charge is 0.165 e. The molecular formula is C9H7Cl2N3. The van der Waals surface area contributed by atoms with Crippen LogP contribution in [0.15, 0.2) is 24.5 Å². The fourth-order valence-corrected chi connectivity index (χ4v) is 1.59. The van der Waals surface area contributed by atoms with E-state index in [1.54, 1.807) is 17.0 Å². The van der Waals surface area contributed by atoms with Gasteiger partial charge < -0.3 is 4.57 Å². The first-order chi connectivity index (χ1) is 6.70. The maximum Gasteiger partial charge on any atom is 0.165 e. The molecule has 0 aliphatic heterocycles. The van der Waals surface area contributed by atoms with Crippen molar-refractivity contribution in [1.82, 2.24) is 14.8 Å². The fraction of sp³-hybridized carbons (Fsp3) is 0.111. The summed E-state index contributed by atoms with van der Waals surface area (Å²) in [4.78, 5) is 0. The summed E-state index contributed by atoms with van der Waals surface area (Å²) in [5, 5.41) is 8.76. The van der Waals surface area contributed by atoms with Crippen molar-refractivity contribution >= 4 is 23.2 Å². The predicted octanol–water partition coefficient (Wildman–Crippen LogP) is 2.79. The summed E-state index contributed by atoms with van der Waals surface area (Å²) in [5.74, 6) is 0.706. The van der Waals surface area contributed by atoms with Gasteiger partial charge in [0.1, 0.15) is 6.33 Å². The van der Waals surface area contributed by atoms with Crippen LogP contribution in [-0.2, 0) is 7.05 Å². The van der Waals surface area contributed by atoms with Gasteiger partial charge in [-0.1, -0.05) is 29.3 Å². The molecule has 0 fully saturated rings. The van der Waals surface area contributed by atoms with Gasteiger partial charge in [0.15, 0.2) is 5.82 Å². The van der Waals surface area contributed by atoms with Gasteiger partial charge in [0.25, 0.3) is 0 Å². The summed E-state index contributed by atoms with van der Waals surface area (Å²) in [6, 6.07) is 5.43. The SMILES string of the molecule is Cn1cnnc1-c1cccc(Cl)c1Cl. The van der Waals surface area contributed by atoms with Crippen LogP contribution in [0.4, 0.5) is 0 Å². The molecule has 3 nitrogen and oxygen atoms in total. The molecule has 1 aromatic carbocycles. The minimum absolute atomic E-state index is 0.505. The number of nitrogens with zero attached hydrogens (tertiary/aromatic N) is 3. The van der Waals surface area contributed by atoms with Gasteiger partial charge in [-0.25, -0.2) is 0 Å². The molecule has 1 heterocycles. The second-order valence-electron chi connectivity index (χ2n) is 2.87. The zero-order chi connectivity index (χ0) is 10.1. The van der Waals surface area contributed by atoms with Crippen LogP contribution in [0, 0.1) is 0 Å². The first-order valence-electron chi connectivity index (χ1n) is 3.98. The summed E-state index contributed by atoms with van der Waals surface area (Å²) in [7, 11) is 1.85. The lowest BCUT2D eigenvalue weighted by atomic mass is 10.2. The van der Waals surface area contributed by atoms with E-state index in [-0.39, 0.29) is 0 Å². The average molecular weight is 228 g/mol. The van der Waals surface area contributed by atoms with Gasteiger partial charge in [0.05, 0.1) is 10.0 Å². The summed E-state index contributed by atoms with van der Waals surface area (Å²) in [5.41, 5.74) is 0.791. The normalized spacial score (nSPS) is 10.5. The van der Waals surface area contributed by atoms with Crippen molar-refractivity contribution in [2.24, 2.45) is 7.05 Å². The standard InChI is InChI=1S/C9H7Cl2N3/c1-14-5-12-13-9(14)6-3-2-4-7(10)8(6)11/h2-5H,1H3. The Morgan fingerprint density at radius 1 is 1.29 bits per heavy atom. The molecule has 14 heavy (non-hydrogen) atoms. The van der Waals surface area contributed by atoms with E-state index in [9.17, 15) is 0 Å². The van der Waals surface area contributed by atoms with Gasteiger partial charge in [-0.15, -0.1) is 10.2 Å². The van der Waals surface area contributed by atoms with Crippen LogP contribution in [-0.4, -0.2) is 14.8 Å². The van der Waals surface area contributed by atoms with Gasteiger partial charge >= 0.3 is 0 Å². The fourth-order valence-electron chi connectivity index (χ4n) is 1.20. The summed E-state index contributed by atoms with van der Waals surface area (Å²) in [6.45, 7) is 0. The van der Waals surface area contributed by atoms with E-state index in [2.05, 4.69) is 10.2 Å². The molecule has 0 aliphatic rings. The van der Waals surface area contributed by atoms with Crippen LogP contribution < -0.4 is 0 Å². The Morgan fingerprint density at radius 2 is 2.07 bits per heavy atom. The van der Waals surface area contributed by atoms with Crippen molar-refractivity contribution in [2.45, 2.75) is 0 Å². The average Bonchev–Trinajstić information content (AvgIpc) is 2.57. The Labute approximate surface area is 91.3 Å². The van der Waals surface area contributed by atoms with Crippen LogP contribution in [0.5, 0.6) is 0 Å². The molecule has 0 saturated heterocycles. The molecule has 0 saturated carbocycles. The Hall–Kier alpha value is -1.06. The monoisotopic (exact) mass is 227 g/mol. The van der Waals surface area contributed by atoms with Crippen LogP contribution in [0.2, 0.25) is 10.0 Å². The van der Waals surface area contributed by atoms with E-state index in [1.165, 1.54) is 0 Å². The zero-order valence-corrected chi connectivity index (χ0v) is 8.92. The first kappa shape index (κ1) is 9.49. The van der Waals surface area contributed by atoms with Crippen molar-refractivity contribution in [3.8, 4) is 11.4 Å². The van der Waals surface area contributed by atoms with Gasteiger partial charge in [-0.2, -0.15) is 0 Å². The van der Waals surface area contributed by atoms with E-state index in [0.717, 1.165) is 5.56 Å². The molecule has 0 radical (unpaired) electrons. The lowest BCUT2D eigenvalue weighted by molar-refractivity contribution is 0.920. The molecule has 0 unspecified atom stereocenters. The molecule has 2 aromatic rings. The highest BCUT2D eigenvalue weighted by Gasteiger charge is 2.10. The molecule has 5 heteroatoms. The summed E-state index contributed by atoms with van der Waals surface area (Å²) < 4.78 is 1.79. The van der Waals surface area contributed by atoms with Crippen molar-refractivity contribution in [2.75, 3.05) is 0 Å². The summed E-state index contributed by atoms with van der Waals surface area (Å²) >= 11 is 11.9. The van der Waals surface area contributed by atoms with Gasteiger partial charge in [-0.3, -0.25) is 0 Å². The number of aryl methyl sites for hydroxylation is 1. The maximum absolute atomic E-state index is 6.04.